The SMILES string of the molecule is CCN(CCCCl)c1ccc(C(C)(C)C)cn1. The zero-order valence-corrected chi connectivity index (χ0v) is 12.1. The normalized spacial score (nSPS) is 11.6. The van der Waals surface area contributed by atoms with Crippen LogP contribution in [0.4, 0.5) is 5.82 Å². The number of hydrogen-bond acceptors (Lipinski definition) is 2. The van der Waals surface area contributed by atoms with Crippen LogP contribution in [0.2, 0.25) is 0 Å². The van der Waals surface area contributed by atoms with Crippen molar-refractivity contribution in [3.05, 3.63) is 23.9 Å². The summed E-state index contributed by atoms with van der Waals surface area (Å²) >= 11 is 5.73. The van der Waals surface area contributed by atoms with Crippen LogP contribution in [0.3, 0.4) is 0 Å². The van der Waals surface area contributed by atoms with Crippen molar-refractivity contribution in [3.63, 3.8) is 0 Å². The van der Waals surface area contributed by atoms with Crippen molar-refractivity contribution in [2.75, 3.05) is 23.9 Å². The number of rotatable bonds is 5. The molecule has 0 radical (unpaired) electrons. The minimum atomic E-state index is 0.165. The summed E-state index contributed by atoms with van der Waals surface area (Å²) in [7, 11) is 0. The third-order valence-electron chi connectivity index (χ3n) is 2.88. The molecule has 0 atom stereocenters. The summed E-state index contributed by atoms with van der Waals surface area (Å²) in [6.45, 7) is 10.7. The monoisotopic (exact) mass is 254 g/mol. The van der Waals surface area contributed by atoms with Crippen LogP contribution in [0.15, 0.2) is 18.3 Å². The third kappa shape index (κ3) is 4.19. The Morgan fingerprint density at radius 3 is 2.41 bits per heavy atom. The molecule has 0 saturated carbocycles. The smallest absolute Gasteiger partial charge is 0.128 e. The van der Waals surface area contributed by atoms with Gasteiger partial charge < -0.3 is 4.90 Å². The number of anilines is 1. The van der Waals surface area contributed by atoms with Crippen molar-refractivity contribution in [1.82, 2.24) is 4.98 Å². The molecule has 0 saturated heterocycles. The molecule has 1 aromatic rings. The topological polar surface area (TPSA) is 16.1 Å². The average Bonchev–Trinajstić information content (AvgIpc) is 2.29. The molecule has 17 heavy (non-hydrogen) atoms. The van der Waals surface area contributed by atoms with Crippen molar-refractivity contribution in [2.24, 2.45) is 0 Å². The molecule has 0 spiro atoms. The van der Waals surface area contributed by atoms with Crippen LogP contribution in [0, 0.1) is 0 Å². The first-order chi connectivity index (χ1) is 7.99. The fraction of sp³-hybridized carbons (Fsp3) is 0.643. The molecule has 2 nitrogen and oxygen atoms in total. The van der Waals surface area contributed by atoms with E-state index >= 15 is 0 Å². The zero-order valence-electron chi connectivity index (χ0n) is 11.3. The Morgan fingerprint density at radius 2 is 2.00 bits per heavy atom. The summed E-state index contributed by atoms with van der Waals surface area (Å²) < 4.78 is 0. The van der Waals surface area contributed by atoms with Gasteiger partial charge in [-0.25, -0.2) is 4.98 Å². The number of halogens is 1. The Kier molecular flexibility index (Phi) is 5.26. The summed E-state index contributed by atoms with van der Waals surface area (Å²) in [4.78, 5) is 6.81. The Bertz CT molecular complexity index is 327. The molecule has 0 aliphatic heterocycles. The van der Waals surface area contributed by atoms with Crippen molar-refractivity contribution in [3.8, 4) is 0 Å². The summed E-state index contributed by atoms with van der Waals surface area (Å²) in [5.74, 6) is 1.75. The van der Waals surface area contributed by atoms with Crippen LogP contribution in [0.1, 0.15) is 39.7 Å². The Balaban J connectivity index is 2.78. The van der Waals surface area contributed by atoms with Crippen LogP contribution in [-0.2, 0) is 5.41 Å². The molecule has 0 aromatic carbocycles. The first-order valence-electron chi connectivity index (χ1n) is 6.26. The Labute approximate surface area is 110 Å². The van der Waals surface area contributed by atoms with Gasteiger partial charge in [-0.2, -0.15) is 0 Å². The van der Waals surface area contributed by atoms with Crippen molar-refractivity contribution in [1.29, 1.82) is 0 Å². The highest BCUT2D eigenvalue weighted by Gasteiger charge is 2.14. The average molecular weight is 255 g/mol. The van der Waals surface area contributed by atoms with Gasteiger partial charge in [0.2, 0.25) is 0 Å². The first kappa shape index (κ1) is 14.3. The standard InChI is InChI=1S/C14H23ClN2/c1-5-17(10-6-9-15)13-8-7-12(11-16-13)14(2,3)4/h7-8,11H,5-6,9-10H2,1-4H3. The predicted molar refractivity (Wildman–Crippen MR) is 76.2 cm³/mol. The molecule has 0 bridgehead atoms. The maximum absolute atomic E-state index is 5.73. The minimum Gasteiger partial charge on any atom is -0.357 e. The van der Waals surface area contributed by atoms with Crippen molar-refractivity contribution < 1.29 is 0 Å². The van der Waals surface area contributed by atoms with Gasteiger partial charge in [-0.3, -0.25) is 0 Å². The lowest BCUT2D eigenvalue weighted by atomic mass is 9.88. The fourth-order valence-corrected chi connectivity index (χ4v) is 1.82. The molecule has 0 fully saturated rings. The van der Waals surface area contributed by atoms with Crippen LogP contribution in [0.25, 0.3) is 0 Å². The van der Waals surface area contributed by atoms with E-state index in [9.17, 15) is 0 Å². The second-order valence-electron chi connectivity index (χ2n) is 5.28. The van der Waals surface area contributed by atoms with Crippen LogP contribution >= 0.6 is 11.6 Å². The van der Waals surface area contributed by atoms with Crippen molar-refractivity contribution in [2.45, 2.75) is 39.5 Å². The van der Waals surface area contributed by atoms with Gasteiger partial charge in [0.05, 0.1) is 0 Å². The number of alkyl halides is 1. The summed E-state index contributed by atoms with van der Waals surface area (Å²) in [5.41, 5.74) is 1.44. The van der Waals surface area contributed by atoms with E-state index in [0.717, 1.165) is 25.3 Å². The van der Waals surface area contributed by atoms with Gasteiger partial charge in [-0.1, -0.05) is 26.8 Å². The van der Waals surface area contributed by atoms with E-state index in [1.807, 2.05) is 6.20 Å². The molecular formula is C14H23ClN2. The van der Waals surface area contributed by atoms with Gasteiger partial charge in [0.1, 0.15) is 5.82 Å². The second kappa shape index (κ2) is 6.25. The molecule has 1 rings (SSSR count). The van der Waals surface area contributed by atoms with E-state index in [-0.39, 0.29) is 5.41 Å². The van der Waals surface area contributed by atoms with Gasteiger partial charge in [0, 0.05) is 25.2 Å². The molecule has 96 valence electrons. The van der Waals surface area contributed by atoms with E-state index in [1.54, 1.807) is 0 Å². The van der Waals surface area contributed by atoms with E-state index < -0.39 is 0 Å². The lowest BCUT2D eigenvalue weighted by Crippen LogP contribution is -2.25. The molecule has 3 heteroatoms. The summed E-state index contributed by atoms with van der Waals surface area (Å²) in [6, 6.07) is 4.28. The Hall–Kier alpha value is -0.760. The van der Waals surface area contributed by atoms with Crippen LogP contribution < -0.4 is 4.90 Å². The van der Waals surface area contributed by atoms with Gasteiger partial charge >= 0.3 is 0 Å². The van der Waals surface area contributed by atoms with Crippen molar-refractivity contribution >= 4 is 17.4 Å². The highest BCUT2D eigenvalue weighted by atomic mass is 35.5. The molecule has 0 aliphatic carbocycles. The van der Waals surface area contributed by atoms with E-state index in [2.05, 4.69) is 49.7 Å². The maximum atomic E-state index is 5.73. The van der Waals surface area contributed by atoms with E-state index in [4.69, 9.17) is 11.6 Å². The number of aromatic nitrogens is 1. The van der Waals surface area contributed by atoms with E-state index in [0.29, 0.717) is 5.88 Å². The molecule has 0 aliphatic rings. The molecule has 0 N–H and O–H groups in total. The number of hydrogen-bond donors (Lipinski definition) is 0. The zero-order chi connectivity index (χ0) is 12.9. The fourth-order valence-electron chi connectivity index (χ4n) is 1.70. The predicted octanol–water partition coefficient (Wildman–Crippen LogP) is 3.83. The summed E-state index contributed by atoms with van der Waals surface area (Å²) in [5, 5.41) is 0. The van der Waals surface area contributed by atoms with Crippen LogP contribution in [0.5, 0.6) is 0 Å². The third-order valence-corrected chi connectivity index (χ3v) is 3.15. The van der Waals surface area contributed by atoms with Gasteiger partial charge in [0.25, 0.3) is 0 Å². The Morgan fingerprint density at radius 1 is 1.29 bits per heavy atom. The molecule has 1 aromatic heterocycles. The largest absolute Gasteiger partial charge is 0.357 e. The second-order valence-corrected chi connectivity index (χ2v) is 5.66. The first-order valence-corrected chi connectivity index (χ1v) is 6.80. The van der Waals surface area contributed by atoms with Crippen LogP contribution in [-0.4, -0.2) is 24.0 Å². The van der Waals surface area contributed by atoms with Gasteiger partial charge in [0.15, 0.2) is 0 Å². The molecule has 0 unspecified atom stereocenters. The number of pyridine rings is 1. The lowest BCUT2D eigenvalue weighted by Gasteiger charge is -2.23. The molecule has 1 heterocycles. The van der Waals surface area contributed by atoms with Gasteiger partial charge in [-0.05, 0) is 30.4 Å². The lowest BCUT2D eigenvalue weighted by molar-refractivity contribution is 0.587. The highest BCUT2D eigenvalue weighted by Crippen LogP contribution is 2.23. The molecular weight excluding hydrogens is 232 g/mol. The van der Waals surface area contributed by atoms with Gasteiger partial charge in [-0.15, -0.1) is 11.6 Å². The summed E-state index contributed by atoms with van der Waals surface area (Å²) in [6.07, 6.45) is 2.98. The van der Waals surface area contributed by atoms with E-state index in [1.165, 1.54) is 5.56 Å². The number of nitrogens with zero attached hydrogens (tertiary/aromatic N) is 2. The minimum absolute atomic E-state index is 0.165. The maximum Gasteiger partial charge on any atom is 0.128 e. The quantitative estimate of drug-likeness (QED) is 0.743. The molecule has 0 amide bonds. The highest BCUT2D eigenvalue weighted by molar-refractivity contribution is 6.17.